The van der Waals surface area contributed by atoms with Crippen LogP contribution < -0.4 is 4.80 Å². The Morgan fingerprint density at radius 2 is 1.54 bits per heavy atom. The molecule has 0 N–H and O–H groups in total. The molecule has 4 rings (SSSR count). The molecule has 0 aliphatic carbocycles. The summed E-state index contributed by atoms with van der Waals surface area (Å²) in [5.41, 5.74) is 2.73. The van der Waals surface area contributed by atoms with Crippen LogP contribution in [-0.2, 0) is 16.0 Å². The molecule has 7 nitrogen and oxygen atoms in total. The number of hydrogen-bond acceptors (Lipinski definition) is 6. The molecule has 0 aliphatic rings. The molecular weight excluding hydrogens is 464 g/mol. The van der Waals surface area contributed by atoms with E-state index in [0.717, 1.165) is 10.2 Å². The van der Waals surface area contributed by atoms with Crippen LogP contribution in [0.1, 0.15) is 43.6 Å². The van der Waals surface area contributed by atoms with Gasteiger partial charge in [-0.05, 0) is 37.3 Å². The standard InChI is InChI=1S/C27H24N2O5S/c1-3-34-16-15-29-22-14-13-21(26(32)33-2)17-23(22)35-27(29)28-25(31)20-11-9-19(10-12-20)24(30)18-7-5-4-6-8-18/h4-14,17H,3,15-16H2,1-2H3. The van der Waals surface area contributed by atoms with Gasteiger partial charge in [-0.3, -0.25) is 9.59 Å². The van der Waals surface area contributed by atoms with Gasteiger partial charge in [-0.2, -0.15) is 4.99 Å². The predicted octanol–water partition coefficient (Wildman–Crippen LogP) is 4.50. The topological polar surface area (TPSA) is 87.0 Å². The quantitative estimate of drug-likeness (QED) is 0.207. The Balaban J connectivity index is 1.67. The summed E-state index contributed by atoms with van der Waals surface area (Å²) < 4.78 is 13.0. The van der Waals surface area contributed by atoms with Crippen molar-refractivity contribution in [3.63, 3.8) is 0 Å². The van der Waals surface area contributed by atoms with Gasteiger partial charge in [0.05, 0.1) is 29.5 Å². The lowest BCUT2D eigenvalue weighted by Gasteiger charge is -2.06. The number of aromatic nitrogens is 1. The molecule has 178 valence electrons. The maximum absolute atomic E-state index is 13.0. The molecule has 0 saturated heterocycles. The number of thiazole rings is 1. The van der Waals surface area contributed by atoms with E-state index in [1.165, 1.54) is 18.4 Å². The Morgan fingerprint density at radius 1 is 0.886 bits per heavy atom. The third kappa shape index (κ3) is 5.45. The molecule has 3 aromatic carbocycles. The molecule has 0 fully saturated rings. The zero-order chi connectivity index (χ0) is 24.8. The number of ether oxygens (including phenoxy) is 2. The number of rotatable bonds is 8. The molecule has 4 aromatic rings. The summed E-state index contributed by atoms with van der Waals surface area (Å²) >= 11 is 1.31. The van der Waals surface area contributed by atoms with E-state index < -0.39 is 11.9 Å². The predicted molar refractivity (Wildman–Crippen MR) is 134 cm³/mol. The average molecular weight is 489 g/mol. The van der Waals surface area contributed by atoms with E-state index in [4.69, 9.17) is 9.47 Å². The van der Waals surface area contributed by atoms with E-state index in [2.05, 4.69) is 4.99 Å². The lowest BCUT2D eigenvalue weighted by atomic mass is 10.0. The van der Waals surface area contributed by atoms with Crippen LogP contribution in [0.4, 0.5) is 0 Å². The molecule has 0 bridgehead atoms. The van der Waals surface area contributed by atoms with Crippen LogP contribution in [-0.4, -0.2) is 42.6 Å². The van der Waals surface area contributed by atoms with Crippen LogP contribution in [0.5, 0.6) is 0 Å². The van der Waals surface area contributed by atoms with Gasteiger partial charge in [-0.1, -0.05) is 53.8 Å². The molecule has 35 heavy (non-hydrogen) atoms. The number of nitrogens with zero attached hydrogens (tertiary/aromatic N) is 2. The van der Waals surface area contributed by atoms with Crippen LogP contribution >= 0.6 is 11.3 Å². The van der Waals surface area contributed by atoms with E-state index in [1.807, 2.05) is 35.8 Å². The minimum atomic E-state index is -0.430. The summed E-state index contributed by atoms with van der Waals surface area (Å²) in [6.45, 7) is 3.45. The van der Waals surface area contributed by atoms with Crippen LogP contribution in [0.2, 0.25) is 0 Å². The highest BCUT2D eigenvalue weighted by atomic mass is 32.1. The zero-order valence-corrected chi connectivity index (χ0v) is 20.2. The summed E-state index contributed by atoms with van der Waals surface area (Å²) in [4.78, 5) is 42.4. The number of amides is 1. The molecule has 0 unspecified atom stereocenters. The van der Waals surface area contributed by atoms with Gasteiger partial charge < -0.3 is 14.0 Å². The number of benzene rings is 3. The van der Waals surface area contributed by atoms with E-state index in [1.54, 1.807) is 48.5 Å². The second kappa shape index (κ2) is 11.0. The molecule has 0 spiro atoms. The zero-order valence-electron chi connectivity index (χ0n) is 19.4. The van der Waals surface area contributed by atoms with Crippen molar-refractivity contribution in [3.05, 3.63) is 99.9 Å². The number of methoxy groups -OCH3 is 1. The number of hydrogen-bond donors (Lipinski definition) is 0. The lowest BCUT2D eigenvalue weighted by molar-refractivity contribution is 0.0600. The molecule has 1 heterocycles. The number of carbonyl (C=O) groups is 3. The van der Waals surface area contributed by atoms with Gasteiger partial charge >= 0.3 is 5.97 Å². The van der Waals surface area contributed by atoms with E-state index in [0.29, 0.717) is 46.8 Å². The summed E-state index contributed by atoms with van der Waals surface area (Å²) in [7, 11) is 1.33. The first-order chi connectivity index (χ1) is 17.0. The second-order valence-electron chi connectivity index (χ2n) is 7.60. The van der Waals surface area contributed by atoms with Crippen LogP contribution in [0.25, 0.3) is 10.2 Å². The third-order valence-electron chi connectivity index (χ3n) is 5.39. The Kier molecular flexibility index (Phi) is 7.64. The Labute approximate surface area is 206 Å². The van der Waals surface area contributed by atoms with Crippen molar-refractivity contribution in [1.29, 1.82) is 0 Å². The first-order valence-corrected chi connectivity index (χ1v) is 11.9. The van der Waals surface area contributed by atoms with Crippen LogP contribution in [0.3, 0.4) is 0 Å². The van der Waals surface area contributed by atoms with Gasteiger partial charge in [0.25, 0.3) is 5.91 Å². The van der Waals surface area contributed by atoms with Crippen molar-refractivity contribution in [1.82, 2.24) is 4.57 Å². The highest BCUT2D eigenvalue weighted by molar-refractivity contribution is 7.16. The van der Waals surface area contributed by atoms with Crippen molar-refractivity contribution >= 4 is 39.2 Å². The molecule has 0 saturated carbocycles. The van der Waals surface area contributed by atoms with E-state index in [-0.39, 0.29) is 5.78 Å². The summed E-state index contributed by atoms with van der Waals surface area (Å²) in [5.74, 6) is -0.962. The monoisotopic (exact) mass is 488 g/mol. The van der Waals surface area contributed by atoms with Gasteiger partial charge in [0.15, 0.2) is 10.6 Å². The smallest absolute Gasteiger partial charge is 0.337 e. The normalized spacial score (nSPS) is 11.5. The number of carbonyl (C=O) groups excluding carboxylic acids is 3. The molecule has 1 amide bonds. The molecule has 1 aromatic heterocycles. The Hall–Kier alpha value is -3.88. The maximum atomic E-state index is 13.0. The second-order valence-corrected chi connectivity index (χ2v) is 8.61. The average Bonchev–Trinajstić information content (AvgIpc) is 3.24. The van der Waals surface area contributed by atoms with Gasteiger partial charge in [-0.15, -0.1) is 0 Å². The summed E-state index contributed by atoms with van der Waals surface area (Å²) in [6, 6.07) is 20.7. The number of ketones is 1. The number of fused-ring (bicyclic) bond motifs is 1. The molecule has 0 atom stereocenters. The lowest BCUT2D eigenvalue weighted by Crippen LogP contribution is -2.19. The Morgan fingerprint density at radius 3 is 2.23 bits per heavy atom. The largest absolute Gasteiger partial charge is 0.465 e. The molecule has 8 heteroatoms. The first-order valence-electron chi connectivity index (χ1n) is 11.1. The molecule has 0 aliphatic heterocycles. The fraction of sp³-hybridized carbons (Fsp3) is 0.185. The summed E-state index contributed by atoms with van der Waals surface area (Å²) in [6.07, 6.45) is 0. The van der Waals surface area contributed by atoms with Gasteiger partial charge in [-0.25, -0.2) is 4.79 Å². The minimum Gasteiger partial charge on any atom is -0.465 e. The fourth-order valence-electron chi connectivity index (χ4n) is 3.59. The molecular formula is C27H24N2O5S. The van der Waals surface area contributed by atoms with E-state index >= 15 is 0 Å². The SMILES string of the molecule is CCOCCn1c(=NC(=O)c2ccc(C(=O)c3ccccc3)cc2)sc2cc(C(=O)OC)ccc21. The van der Waals surface area contributed by atoms with E-state index in [9.17, 15) is 14.4 Å². The van der Waals surface area contributed by atoms with Crippen molar-refractivity contribution in [3.8, 4) is 0 Å². The Bertz CT molecular complexity index is 1440. The highest BCUT2D eigenvalue weighted by Gasteiger charge is 2.14. The minimum absolute atomic E-state index is 0.110. The number of esters is 1. The fourth-order valence-corrected chi connectivity index (χ4v) is 4.69. The van der Waals surface area contributed by atoms with Gasteiger partial charge in [0, 0.05) is 29.8 Å². The highest BCUT2D eigenvalue weighted by Crippen LogP contribution is 2.20. The first kappa shape index (κ1) is 24.3. The van der Waals surface area contributed by atoms with Crippen molar-refractivity contribution in [2.75, 3.05) is 20.3 Å². The van der Waals surface area contributed by atoms with Gasteiger partial charge in [0.1, 0.15) is 0 Å². The molecule has 0 radical (unpaired) electrons. The van der Waals surface area contributed by atoms with Crippen molar-refractivity contribution in [2.45, 2.75) is 13.5 Å². The summed E-state index contributed by atoms with van der Waals surface area (Å²) in [5, 5.41) is 0. The van der Waals surface area contributed by atoms with Crippen LogP contribution in [0.15, 0.2) is 77.8 Å². The van der Waals surface area contributed by atoms with Crippen molar-refractivity contribution < 1.29 is 23.9 Å². The maximum Gasteiger partial charge on any atom is 0.337 e. The van der Waals surface area contributed by atoms with Crippen molar-refractivity contribution in [2.24, 2.45) is 4.99 Å². The third-order valence-corrected chi connectivity index (χ3v) is 6.44. The van der Waals surface area contributed by atoms with Gasteiger partial charge in [0.2, 0.25) is 0 Å². The van der Waals surface area contributed by atoms with Crippen LogP contribution in [0, 0.1) is 0 Å².